The van der Waals surface area contributed by atoms with Crippen molar-refractivity contribution in [3.05, 3.63) is 94.5 Å². The third-order valence-electron chi connectivity index (χ3n) is 6.20. The summed E-state index contributed by atoms with van der Waals surface area (Å²) in [4.78, 5) is 0. The SMILES string of the molecule is Cc1ccc(N=[Se](Cc2ccccc2)c2c(C(C)(C)C)cc(C(C)(C)C)cc2C(C)(C)C)cc1. The first-order chi connectivity index (χ1) is 15.7. The molecule has 0 aliphatic rings. The fourth-order valence-electron chi connectivity index (χ4n) is 4.04. The molecule has 0 aliphatic heterocycles. The van der Waals surface area contributed by atoms with Gasteiger partial charge in [0.15, 0.2) is 0 Å². The normalized spacial score (nSPS) is 13.8. The van der Waals surface area contributed by atoms with Gasteiger partial charge in [0.1, 0.15) is 0 Å². The van der Waals surface area contributed by atoms with Crippen LogP contribution in [0.2, 0.25) is 0 Å². The van der Waals surface area contributed by atoms with E-state index in [1.807, 2.05) is 0 Å². The van der Waals surface area contributed by atoms with Gasteiger partial charge in [-0.25, -0.2) is 0 Å². The molecular formula is C32H43NSe. The molecule has 0 saturated carbocycles. The summed E-state index contributed by atoms with van der Waals surface area (Å²) in [6.45, 7) is 23.3. The zero-order valence-electron chi connectivity index (χ0n) is 22.9. The van der Waals surface area contributed by atoms with E-state index >= 15 is 0 Å². The standard InChI is InChI=1S/C32H43NSe/c1-23-16-18-26(19-17-23)33-34(22-24-14-12-11-13-15-24)29-27(31(5,6)7)20-25(30(2,3)4)21-28(29)32(8,9)10/h11-21H,22H2,1-10H3. The van der Waals surface area contributed by atoms with Gasteiger partial charge in [-0.05, 0) is 0 Å². The maximum absolute atomic E-state index is 5.53. The average molecular weight is 521 g/mol. The van der Waals surface area contributed by atoms with Crippen LogP contribution in [0, 0.1) is 6.92 Å². The van der Waals surface area contributed by atoms with Crippen molar-refractivity contribution < 1.29 is 0 Å². The third-order valence-corrected chi connectivity index (χ3v) is 10.3. The van der Waals surface area contributed by atoms with Gasteiger partial charge in [-0.1, -0.05) is 0 Å². The molecule has 34 heavy (non-hydrogen) atoms. The molecule has 0 spiro atoms. The molecule has 0 aromatic heterocycles. The second-order valence-corrected chi connectivity index (χ2v) is 15.9. The zero-order valence-corrected chi connectivity index (χ0v) is 24.6. The summed E-state index contributed by atoms with van der Waals surface area (Å²) in [5.41, 5.74) is 8.31. The van der Waals surface area contributed by atoms with Gasteiger partial charge in [0.05, 0.1) is 0 Å². The number of hydrogen-bond acceptors (Lipinski definition) is 1. The van der Waals surface area contributed by atoms with Crippen molar-refractivity contribution in [2.24, 2.45) is 3.96 Å². The van der Waals surface area contributed by atoms with Crippen LogP contribution >= 0.6 is 0 Å². The van der Waals surface area contributed by atoms with Gasteiger partial charge in [0.2, 0.25) is 0 Å². The van der Waals surface area contributed by atoms with Gasteiger partial charge < -0.3 is 0 Å². The van der Waals surface area contributed by atoms with Crippen molar-refractivity contribution in [1.82, 2.24) is 0 Å². The molecule has 0 amide bonds. The Labute approximate surface area is 212 Å². The molecule has 0 saturated heterocycles. The summed E-state index contributed by atoms with van der Waals surface area (Å²) in [5, 5.41) is 1.01. The molecule has 0 N–H and O–H groups in total. The Kier molecular flexibility index (Phi) is 7.76. The van der Waals surface area contributed by atoms with E-state index in [1.54, 1.807) is 0 Å². The second kappa shape index (κ2) is 9.92. The molecule has 3 rings (SSSR count). The predicted octanol–water partition coefficient (Wildman–Crippen LogP) is 8.47. The van der Waals surface area contributed by atoms with Crippen LogP contribution in [0.5, 0.6) is 0 Å². The topological polar surface area (TPSA) is 12.4 Å². The summed E-state index contributed by atoms with van der Waals surface area (Å²) in [6.07, 6.45) is 0. The van der Waals surface area contributed by atoms with E-state index in [4.69, 9.17) is 3.96 Å². The van der Waals surface area contributed by atoms with Crippen LogP contribution in [-0.2, 0) is 21.6 Å². The molecule has 1 atom stereocenters. The van der Waals surface area contributed by atoms with E-state index in [0.29, 0.717) is 0 Å². The first kappa shape index (κ1) is 26.6. The van der Waals surface area contributed by atoms with Gasteiger partial charge in [0.25, 0.3) is 0 Å². The molecule has 1 nitrogen and oxygen atoms in total. The number of benzene rings is 3. The molecule has 2 heteroatoms. The first-order valence-electron chi connectivity index (χ1n) is 12.4. The van der Waals surface area contributed by atoms with E-state index < -0.39 is 13.7 Å². The van der Waals surface area contributed by atoms with Crippen molar-refractivity contribution >= 4 is 23.9 Å². The van der Waals surface area contributed by atoms with Crippen molar-refractivity contribution in [3.63, 3.8) is 0 Å². The molecule has 0 fully saturated rings. The van der Waals surface area contributed by atoms with E-state index in [-0.39, 0.29) is 16.2 Å². The van der Waals surface area contributed by atoms with Crippen LogP contribution in [0.15, 0.2) is 70.7 Å². The van der Waals surface area contributed by atoms with Gasteiger partial charge in [0, 0.05) is 0 Å². The number of nitrogens with zero attached hydrogens (tertiary/aromatic N) is 1. The minimum atomic E-state index is -1.61. The summed E-state index contributed by atoms with van der Waals surface area (Å²) in [5.74, 6) is 0. The van der Waals surface area contributed by atoms with E-state index in [0.717, 1.165) is 11.0 Å². The van der Waals surface area contributed by atoms with Crippen molar-refractivity contribution in [1.29, 1.82) is 0 Å². The molecule has 3 aromatic rings. The summed E-state index contributed by atoms with van der Waals surface area (Å²) >= 11 is -1.61. The van der Waals surface area contributed by atoms with Crippen LogP contribution in [0.4, 0.5) is 5.69 Å². The van der Waals surface area contributed by atoms with Crippen molar-refractivity contribution in [2.75, 3.05) is 0 Å². The van der Waals surface area contributed by atoms with Crippen LogP contribution in [0.3, 0.4) is 0 Å². The van der Waals surface area contributed by atoms with E-state index in [1.165, 1.54) is 32.3 Å². The van der Waals surface area contributed by atoms with E-state index in [9.17, 15) is 0 Å². The molecule has 0 heterocycles. The Morgan fingerprint density at radius 3 is 1.59 bits per heavy atom. The van der Waals surface area contributed by atoms with Crippen LogP contribution < -0.4 is 4.46 Å². The minimum absolute atomic E-state index is 0.0395. The van der Waals surface area contributed by atoms with Gasteiger partial charge in [-0.2, -0.15) is 0 Å². The van der Waals surface area contributed by atoms with Crippen LogP contribution in [-0.4, -0.2) is 13.7 Å². The van der Waals surface area contributed by atoms with Crippen molar-refractivity contribution in [2.45, 2.75) is 90.8 Å². The first-order valence-corrected chi connectivity index (χ1v) is 15.2. The summed E-state index contributed by atoms with van der Waals surface area (Å²) < 4.78 is 7.06. The molecule has 0 aliphatic carbocycles. The molecule has 182 valence electrons. The number of rotatable bonds is 4. The molecular weight excluding hydrogens is 477 g/mol. The second-order valence-electron chi connectivity index (χ2n) is 12.6. The molecule has 1 unspecified atom stereocenters. The van der Waals surface area contributed by atoms with Crippen molar-refractivity contribution in [3.8, 4) is 0 Å². The Morgan fingerprint density at radius 1 is 0.647 bits per heavy atom. The quantitative estimate of drug-likeness (QED) is 0.306. The predicted molar refractivity (Wildman–Crippen MR) is 151 cm³/mol. The zero-order chi connectivity index (χ0) is 25.3. The number of aryl methyl sites for hydroxylation is 1. The average Bonchev–Trinajstić information content (AvgIpc) is 2.73. The third kappa shape index (κ3) is 6.55. The molecule has 0 radical (unpaired) electrons. The van der Waals surface area contributed by atoms with Crippen LogP contribution in [0.25, 0.3) is 0 Å². The van der Waals surface area contributed by atoms with Gasteiger partial charge >= 0.3 is 213 Å². The Hall–Kier alpha value is -2.02. The Balaban J connectivity index is 2.40. The summed E-state index contributed by atoms with van der Waals surface area (Å²) in [6, 6.07) is 24.7. The monoisotopic (exact) mass is 521 g/mol. The Morgan fingerprint density at radius 2 is 1.15 bits per heavy atom. The molecule has 3 aromatic carbocycles. The number of hydrogen-bond donors (Lipinski definition) is 0. The van der Waals surface area contributed by atoms with Gasteiger partial charge in [-0.3, -0.25) is 0 Å². The fraction of sp³-hybridized carbons (Fsp3) is 0.438. The van der Waals surface area contributed by atoms with E-state index in [2.05, 4.69) is 136 Å². The summed E-state index contributed by atoms with van der Waals surface area (Å²) in [7, 11) is 0. The fourth-order valence-corrected chi connectivity index (χ4v) is 9.13. The van der Waals surface area contributed by atoms with Gasteiger partial charge in [-0.15, -0.1) is 0 Å². The Bertz CT molecular complexity index is 1110. The maximum atomic E-state index is 5.53. The molecule has 0 bridgehead atoms. The van der Waals surface area contributed by atoms with Crippen LogP contribution in [0.1, 0.15) is 90.1 Å².